The summed E-state index contributed by atoms with van der Waals surface area (Å²) >= 11 is 0. The molecule has 0 aliphatic carbocycles. The molecule has 1 aromatic rings. The van der Waals surface area contributed by atoms with Gasteiger partial charge < -0.3 is 4.74 Å². The molecule has 0 radical (unpaired) electrons. The van der Waals surface area contributed by atoms with Crippen LogP contribution in [0.1, 0.15) is 6.42 Å². The molecule has 1 aliphatic rings. The Morgan fingerprint density at radius 1 is 1.67 bits per heavy atom. The lowest BCUT2D eigenvalue weighted by molar-refractivity contribution is 0.181. The molecule has 0 saturated carbocycles. The van der Waals surface area contributed by atoms with Gasteiger partial charge in [-0.2, -0.15) is 5.10 Å². The fourth-order valence-electron chi connectivity index (χ4n) is 1.56. The molecule has 5 nitrogen and oxygen atoms in total. The Balaban J connectivity index is 2.07. The van der Waals surface area contributed by atoms with Gasteiger partial charge in [-0.1, -0.05) is 0 Å². The summed E-state index contributed by atoms with van der Waals surface area (Å²) in [6, 6.07) is 0. The summed E-state index contributed by atoms with van der Waals surface area (Å²) in [4.78, 5) is 0.0445. The summed E-state index contributed by atoms with van der Waals surface area (Å²) in [7, 11) is 1.52. The van der Waals surface area contributed by atoms with Gasteiger partial charge in [-0.05, 0) is 6.42 Å². The van der Waals surface area contributed by atoms with Crippen molar-refractivity contribution in [3.05, 3.63) is 12.4 Å². The van der Waals surface area contributed by atoms with Gasteiger partial charge in [0.05, 0.1) is 12.8 Å². The maximum Gasteiger partial charge on any atom is 0.264 e. The Kier molecular flexibility index (Phi) is 2.99. The molecule has 2 rings (SSSR count). The van der Waals surface area contributed by atoms with E-state index in [4.69, 9.17) is 15.4 Å². The topological polar surface area (TPSA) is 61.2 Å². The number of halogens is 1. The fourth-order valence-corrected chi connectivity index (χ4v) is 2.22. The number of hydrogen-bond donors (Lipinski definition) is 0. The van der Waals surface area contributed by atoms with Crippen molar-refractivity contribution in [1.82, 2.24) is 9.78 Å². The number of rotatable bonds is 3. The Bertz CT molecular complexity index is 436. The maximum atomic E-state index is 11.0. The van der Waals surface area contributed by atoms with Gasteiger partial charge in [0.15, 0.2) is 0 Å². The van der Waals surface area contributed by atoms with Gasteiger partial charge in [-0.15, -0.1) is 0 Å². The summed E-state index contributed by atoms with van der Waals surface area (Å²) in [5, 5.41) is 3.94. The first kappa shape index (κ1) is 10.9. The Morgan fingerprint density at radius 2 is 2.47 bits per heavy atom. The Hall–Kier alpha value is -0.590. The minimum Gasteiger partial charge on any atom is -0.381 e. The molecule has 0 aromatic carbocycles. The van der Waals surface area contributed by atoms with Gasteiger partial charge in [0.25, 0.3) is 9.05 Å². The van der Waals surface area contributed by atoms with Crippen LogP contribution in [0.4, 0.5) is 0 Å². The van der Waals surface area contributed by atoms with Gasteiger partial charge in [-0.3, -0.25) is 4.68 Å². The molecule has 1 saturated heterocycles. The van der Waals surface area contributed by atoms with Gasteiger partial charge in [0.1, 0.15) is 4.90 Å². The number of aromatic nitrogens is 2. The van der Waals surface area contributed by atoms with Crippen molar-refractivity contribution < 1.29 is 13.2 Å². The van der Waals surface area contributed by atoms with E-state index in [1.165, 1.54) is 12.4 Å². The summed E-state index contributed by atoms with van der Waals surface area (Å²) in [5.41, 5.74) is 0. The van der Waals surface area contributed by atoms with E-state index in [2.05, 4.69) is 5.10 Å². The smallest absolute Gasteiger partial charge is 0.264 e. The fraction of sp³-hybridized carbons (Fsp3) is 0.625. The predicted octanol–water partition coefficient (Wildman–Crippen LogP) is 0.847. The monoisotopic (exact) mass is 250 g/mol. The molecule has 1 aliphatic heterocycles. The first-order chi connectivity index (χ1) is 7.05. The van der Waals surface area contributed by atoms with E-state index in [1.807, 2.05) is 0 Å². The predicted molar refractivity (Wildman–Crippen MR) is 54.2 cm³/mol. The van der Waals surface area contributed by atoms with Crippen molar-refractivity contribution >= 4 is 19.7 Å². The molecule has 1 atom stereocenters. The molecule has 1 fully saturated rings. The summed E-state index contributed by atoms with van der Waals surface area (Å²) in [5.74, 6) is 0.413. The van der Waals surface area contributed by atoms with Crippen molar-refractivity contribution in [3.63, 3.8) is 0 Å². The molecular weight excluding hydrogens is 240 g/mol. The summed E-state index contributed by atoms with van der Waals surface area (Å²) in [6.07, 6.45) is 3.70. The van der Waals surface area contributed by atoms with Crippen molar-refractivity contribution in [2.75, 3.05) is 13.2 Å². The van der Waals surface area contributed by atoms with Crippen molar-refractivity contribution in [3.8, 4) is 0 Å². The third-order valence-corrected chi connectivity index (χ3v) is 3.67. The van der Waals surface area contributed by atoms with E-state index in [-0.39, 0.29) is 4.90 Å². The average Bonchev–Trinajstić information content (AvgIpc) is 2.73. The largest absolute Gasteiger partial charge is 0.381 e. The van der Waals surface area contributed by atoms with Gasteiger partial charge in [0, 0.05) is 35.9 Å². The lowest BCUT2D eigenvalue weighted by Crippen LogP contribution is -2.10. The molecule has 2 heterocycles. The highest BCUT2D eigenvalue weighted by Crippen LogP contribution is 2.17. The Labute approximate surface area is 92.4 Å². The second-order valence-electron chi connectivity index (χ2n) is 3.57. The summed E-state index contributed by atoms with van der Waals surface area (Å²) in [6.45, 7) is 2.15. The van der Waals surface area contributed by atoms with E-state index < -0.39 is 9.05 Å². The van der Waals surface area contributed by atoms with E-state index in [0.717, 1.165) is 13.0 Å². The molecule has 0 N–H and O–H groups in total. The lowest BCUT2D eigenvalue weighted by atomic mass is 10.1. The second-order valence-corrected chi connectivity index (χ2v) is 6.13. The van der Waals surface area contributed by atoms with Gasteiger partial charge >= 0.3 is 0 Å². The van der Waals surface area contributed by atoms with Crippen LogP contribution in [-0.2, 0) is 20.3 Å². The van der Waals surface area contributed by atoms with Crippen LogP contribution in [0, 0.1) is 5.92 Å². The SMILES string of the molecule is O=S(=O)(Cl)c1cnn(CC2CCOC2)c1. The first-order valence-electron chi connectivity index (χ1n) is 4.60. The van der Waals surface area contributed by atoms with Crippen LogP contribution in [0.2, 0.25) is 0 Å². The number of ether oxygens (including phenoxy) is 1. The zero-order valence-electron chi connectivity index (χ0n) is 7.97. The zero-order chi connectivity index (χ0) is 10.9. The van der Waals surface area contributed by atoms with Crippen molar-refractivity contribution in [2.24, 2.45) is 5.92 Å². The van der Waals surface area contributed by atoms with E-state index in [9.17, 15) is 8.42 Å². The number of hydrogen-bond acceptors (Lipinski definition) is 4. The zero-order valence-corrected chi connectivity index (χ0v) is 9.54. The van der Waals surface area contributed by atoms with E-state index in [0.29, 0.717) is 19.1 Å². The molecule has 0 amide bonds. The van der Waals surface area contributed by atoms with Gasteiger partial charge in [-0.25, -0.2) is 8.42 Å². The third kappa shape index (κ3) is 2.70. The molecule has 0 spiro atoms. The highest BCUT2D eigenvalue weighted by Gasteiger charge is 2.18. The highest BCUT2D eigenvalue weighted by atomic mass is 35.7. The van der Waals surface area contributed by atoms with Crippen LogP contribution < -0.4 is 0 Å². The average molecular weight is 251 g/mol. The third-order valence-electron chi connectivity index (χ3n) is 2.36. The lowest BCUT2D eigenvalue weighted by Gasteiger charge is -2.06. The van der Waals surface area contributed by atoms with Crippen molar-refractivity contribution in [2.45, 2.75) is 17.9 Å². The summed E-state index contributed by atoms with van der Waals surface area (Å²) < 4.78 is 28.8. The molecule has 15 heavy (non-hydrogen) atoms. The standard InChI is InChI=1S/C8H11ClN2O3S/c9-15(12,13)8-3-10-11(5-8)4-7-1-2-14-6-7/h3,5,7H,1-2,4,6H2. The second kappa shape index (κ2) is 4.11. The van der Waals surface area contributed by atoms with E-state index >= 15 is 0 Å². The first-order valence-corrected chi connectivity index (χ1v) is 6.91. The molecular formula is C8H11ClN2O3S. The van der Waals surface area contributed by atoms with Crippen LogP contribution in [-0.4, -0.2) is 31.4 Å². The van der Waals surface area contributed by atoms with E-state index in [1.54, 1.807) is 4.68 Å². The minimum atomic E-state index is -3.66. The van der Waals surface area contributed by atoms with Crippen LogP contribution >= 0.6 is 10.7 Å². The Morgan fingerprint density at radius 3 is 3.00 bits per heavy atom. The molecule has 1 unspecified atom stereocenters. The normalized spacial score (nSPS) is 22.1. The molecule has 84 valence electrons. The van der Waals surface area contributed by atoms with Crippen molar-refractivity contribution in [1.29, 1.82) is 0 Å². The quantitative estimate of drug-likeness (QED) is 0.746. The minimum absolute atomic E-state index is 0.0445. The van der Waals surface area contributed by atoms with Gasteiger partial charge in [0.2, 0.25) is 0 Å². The molecule has 0 bridgehead atoms. The molecule has 1 aromatic heterocycles. The number of nitrogens with zero attached hydrogens (tertiary/aromatic N) is 2. The van der Waals surface area contributed by atoms with Crippen LogP contribution in [0.5, 0.6) is 0 Å². The maximum absolute atomic E-state index is 11.0. The van der Waals surface area contributed by atoms with Crippen LogP contribution in [0.25, 0.3) is 0 Å². The van der Waals surface area contributed by atoms with Crippen LogP contribution in [0.3, 0.4) is 0 Å². The molecule has 7 heteroatoms. The van der Waals surface area contributed by atoms with Crippen LogP contribution in [0.15, 0.2) is 17.3 Å². The highest BCUT2D eigenvalue weighted by molar-refractivity contribution is 8.13.